The Hall–Kier alpha value is -4.86. The molecule has 0 unspecified atom stereocenters. The van der Waals surface area contributed by atoms with Gasteiger partial charge in [0.2, 0.25) is 0 Å². The van der Waals surface area contributed by atoms with Crippen LogP contribution in [0.2, 0.25) is 0 Å². The van der Waals surface area contributed by atoms with Gasteiger partial charge in [-0.1, -0.05) is 42.5 Å². The minimum atomic E-state index is -1.44. The van der Waals surface area contributed by atoms with Crippen molar-refractivity contribution in [3.8, 4) is 17.2 Å². The van der Waals surface area contributed by atoms with Crippen molar-refractivity contribution < 1.29 is 33.3 Å². The highest BCUT2D eigenvalue weighted by atomic mass is 16.6. The van der Waals surface area contributed by atoms with Gasteiger partial charge in [-0.25, -0.2) is 0 Å². The van der Waals surface area contributed by atoms with Crippen molar-refractivity contribution in [2.45, 2.75) is 50.1 Å². The van der Waals surface area contributed by atoms with Crippen molar-refractivity contribution in [3.05, 3.63) is 133 Å². The molecule has 2 aliphatic rings. The SMILES string of the molecule is COc1ccc(CCc2cc(=O)c3cc4c(cc3o2)O[C@H]2c3c(oc(CCc5ccccc5)cc3=O)[C@H](O)[C@@H](O4)[C@@H]2O)cc1. The third-order valence-corrected chi connectivity index (χ3v) is 8.26. The Morgan fingerprint density at radius 3 is 2.11 bits per heavy atom. The van der Waals surface area contributed by atoms with Gasteiger partial charge in [-0.15, -0.1) is 0 Å². The summed E-state index contributed by atoms with van der Waals surface area (Å²) in [5, 5.41) is 22.7. The second-order valence-corrected chi connectivity index (χ2v) is 11.1. The topological polar surface area (TPSA) is 129 Å². The lowest BCUT2D eigenvalue weighted by Crippen LogP contribution is -2.47. The number of hydrogen-bond donors (Lipinski definition) is 2. The molecule has 0 amide bonds. The predicted molar refractivity (Wildman–Crippen MR) is 160 cm³/mol. The number of methoxy groups -OCH3 is 1. The number of ether oxygens (including phenoxy) is 3. The first kappa shape index (κ1) is 27.9. The van der Waals surface area contributed by atoms with Crippen LogP contribution in [0.4, 0.5) is 0 Å². The van der Waals surface area contributed by atoms with E-state index in [2.05, 4.69) is 0 Å². The monoisotopic (exact) mass is 594 g/mol. The Kier molecular flexibility index (Phi) is 7.20. The van der Waals surface area contributed by atoms with Crippen LogP contribution >= 0.6 is 0 Å². The molecule has 44 heavy (non-hydrogen) atoms. The molecule has 9 nitrogen and oxygen atoms in total. The van der Waals surface area contributed by atoms with E-state index in [0.29, 0.717) is 37.2 Å². The maximum atomic E-state index is 13.4. The summed E-state index contributed by atoms with van der Waals surface area (Å²) in [6.07, 6.45) is -2.96. The summed E-state index contributed by atoms with van der Waals surface area (Å²) in [6, 6.07) is 23.3. The zero-order chi connectivity index (χ0) is 30.4. The Morgan fingerprint density at radius 1 is 0.727 bits per heavy atom. The zero-order valence-electron chi connectivity index (χ0n) is 23.9. The fourth-order valence-electron chi connectivity index (χ4n) is 5.91. The summed E-state index contributed by atoms with van der Waals surface area (Å²) in [6.45, 7) is 0. The quantitative estimate of drug-likeness (QED) is 0.278. The Balaban J connectivity index is 1.19. The van der Waals surface area contributed by atoms with E-state index in [0.717, 1.165) is 16.9 Å². The number of rotatable bonds is 7. The van der Waals surface area contributed by atoms with Crippen LogP contribution in [-0.2, 0) is 25.7 Å². The van der Waals surface area contributed by atoms with Gasteiger partial charge in [-0.05, 0) is 42.2 Å². The first-order valence-corrected chi connectivity index (χ1v) is 14.5. The van der Waals surface area contributed by atoms with Crippen molar-refractivity contribution in [2.24, 2.45) is 0 Å². The maximum absolute atomic E-state index is 13.4. The molecule has 9 heteroatoms. The van der Waals surface area contributed by atoms with Crippen LogP contribution in [0.1, 0.15) is 46.2 Å². The van der Waals surface area contributed by atoms with E-state index in [-0.39, 0.29) is 39.2 Å². The minimum Gasteiger partial charge on any atom is -0.497 e. The summed E-state index contributed by atoms with van der Waals surface area (Å²) in [4.78, 5) is 26.5. The average molecular weight is 595 g/mol. The summed E-state index contributed by atoms with van der Waals surface area (Å²) in [5.74, 6) is 1.99. The number of fused-ring (bicyclic) bond motifs is 6. The van der Waals surface area contributed by atoms with Crippen LogP contribution in [0.15, 0.2) is 97.3 Å². The lowest BCUT2D eigenvalue weighted by molar-refractivity contribution is -0.0979. The van der Waals surface area contributed by atoms with Gasteiger partial charge >= 0.3 is 0 Å². The van der Waals surface area contributed by atoms with Gasteiger partial charge in [0.1, 0.15) is 34.7 Å². The number of benzene rings is 3. The first-order chi connectivity index (χ1) is 21.4. The van der Waals surface area contributed by atoms with Gasteiger partial charge in [0, 0.05) is 31.0 Å². The van der Waals surface area contributed by atoms with Crippen LogP contribution in [0.25, 0.3) is 11.0 Å². The Bertz CT molecular complexity index is 1940. The molecule has 4 atom stereocenters. The van der Waals surface area contributed by atoms with Crippen molar-refractivity contribution >= 4 is 11.0 Å². The minimum absolute atomic E-state index is 0.00763. The summed E-state index contributed by atoms with van der Waals surface area (Å²) >= 11 is 0. The van der Waals surface area contributed by atoms with E-state index in [9.17, 15) is 19.8 Å². The van der Waals surface area contributed by atoms with Gasteiger partial charge in [-0.2, -0.15) is 0 Å². The van der Waals surface area contributed by atoms with Gasteiger partial charge in [0.15, 0.2) is 40.7 Å². The van der Waals surface area contributed by atoms with Gasteiger partial charge in [0.05, 0.1) is 18.1 Å². The molecule has 0 fully saturated rings. The number of hydrogen-bond acceptors (Lipinski definition) is 9. The fraction of sp³-hybridized carbons (Fsp3) is 0.257. The Labute approximate surface area is 251 Å². The highest BCUT2D eigenvalue weighted by molar-refractivity contribution is 5.81. The average Bonchev–Trinajstić information content (AvgIpc) is 3.14. The molecule has 2 aromatic heterocycles. The van der Waals surface area contributed by atoms with E-state index in [1.54, 1.807) is 7.11 Å². The van der Waals surface area contributed by atoms with Crippen LogP contribution in [0.5, 0.6) is 17.2 Å². The van der Waals surface area contributed by atoms with E-state index in [4.69, 9.17) is 23.0 Å². The number of aliphatic hydroxyl groups is 2. The van der Waals surface area contributed by atoms with E-state index in [1.165, 1.54) is 24.3 Å². The van der Waals surface area contributed by atoms with E-state index >= 15 is 0 Å². The van der Waals surface area contributed by atoms with Gasteiger partial charge in [-0.3, -0.25) is 9.59 Å². The fourth-order valence-corrected chi connectivity index (χ4v) is 5.91. The molecular formula is C35H30O9. The highest BCUT2D eigenvalue weighted by Gasteiger charge is 2.50. The second kappa shape index (κ2) is 11.3. The summed E-state index contributed by atoms with van der Waals surface area (Å²) < 4.78 is 29.6. The molecule has 7 rings (SSSR count). The van der Waals surface area contributed by atoms with Crippen LogP contribution in [-0.4, -0.2) is 29.5 Å². The number of aliphatic hydroxyl groups excluding tert-OH is 2. The summed E-state index contributed by atoms with van der Waals surface area (Å²) in [7, 11) is 1.61. The number of aryl methyl sites for hydroxylation is 4. The smallest absolute Gasteiger partial charge is 0.193 e. The van der Waals surface area contributed by atoms with Crippen LogP contribution < -0.4 is 25.1 Å². The molecular weight excluding hydrogens is 564 g/mol. The van der Waals surface area contributed by atoms with Crippen molar-refractivity contribution in [2.75, 3.05) is 7.11 Å². The van der Waals surface area contributed by atoms with Gasteiger partial charge < -0.3 is 33.3 Å². The zero-order valence-corrected chi connectivity index (χ0v) is 23.9. The van der Waals surface area contributed by atoms with Gasteiger partial charge in [0.25, 0.3) is 0 Å². The molecule has 5 aromatic rings. The lowest BCUT2D eigenvalue weighted by atomic mass is 9.86. The standard InChI is InChI=1S/C35H30O9/c1-40-21-11-7-20(8-12-21)10-13-22-15-25(36)24-17-28-29(18-27(24)41-22)43-34-30-26(37)16-23(14-9-19-5-3-2-4-6-19)42-33(30)31(38)35(44-28)32(34)39/h2-8,11-12,15-18,31-32,34-35,38-39H,9-10,13-14H2,1H3/t31-,32+,34-,35+/m0/s1. The first-order valence-electron chi connectivity index (χ1n) is 14.5. The molecule has 0 saturated heterocycles. The molecule has 3 aromatic carbocycles. The predicted octanol–water partition coefficient (Wildman–Crippen LogP) is 4.61. The second-order valence-electron chi connectivity index (χ2n) is 11.1. The molecule has 1 aliphatic heterocycles. The molecule has 224 valence electrons. The molecule has 0 saturated carbocycles. The van der Waals surface area contributed by atoms with Crippen LogP contribution in [0.3, 0.4) is 0 Å². The molecule has 0 spiro atoms. The molecule has 1 aliphatic carbocycles. The normalized spacial score (nSPS) is 20.2. The Morgan fingerprint density at radius 2 is 1.39 bits per heavy atom. The lowest BCUT2D eigenvalue weighted by Gasteiger charge is -2.34. The third-order valence-electron chi connectivity index (χ3n) is 8.26. The van der Waals surface area contributed by atoms with E-state index in [1.807, 2.05) is 54.6 Å². The maximum Gasteiger partial charge on any atom is 0.193 e. The molecule has 0 radical (unpaired) electrons. The van der Waals surface area contributed by atoms with Crippen molar-refractivity contribution in [1.82, 2.24) is 0 Å². The molecule has 2 N–H and O–H groups in total. The molecule has 3 heterocycles. The third kappa shape index (κ3) is 5.14. The largest absolute Gasteiger partial charge is 0.497 e. The highest BCUT2D eigenvalue weighted by Crippen LogP contribution is 2.46. The van der Waals surface area contributed by atoms with Crippen molar-refractivity contribution in [1.29, 1.82) is 0 Å². The summed E-state index contributed by atoms with van der Waals surface area (Å²) in [5.41, 5.74) is 1.79. The van der Waals surface area contributed by atoms with Crippen molar-refractivity contribution in [3.63, 3.8) is 0 Å². The van der Waals surface area contributed by atoms with E-state index < -0.39 is 29.8 Å². The molecule has 2 bridgehead atoms. The van der Waals surface area contributed by atoms with Crippen LogP contribution in [0, 0.1) is 0 Å².